The molecule has 3 N–H and O–H groups in total. The number of likely N-dealkylation sites (N-methyl/N-ethyl adjacent to an activating group) is 1. The number of halogens is 1. The van der Waals surface area contributed by atoms with E-state index in [1.165, 1.54) is 58.3 Å². The number of nitrogens with one attached hydrogen (secondary N) is 2. The Morgan fingerprint density at radius 3 is 2.46 bits per heavy atom. The van der Waals surface area contributed by atoms with Crippen LogP contribution in [0.4, 0.5) is 20.6 Å². The van der Waals surface area contributed by atoms with Gasteiger partial charge in [0.1, 0.15) is 11.9 Å². The van der Waals surface area contributed by atoms with Crippen molar-refractivity contribution in [2.24, 2.45) is 5.92 Å². The first-order valence-electron chi connectivity index (χ1n) is 13.1. The zero-order valence-corrected chi connectivity index (χ0v) is 23.8. The molecule has 0 fully saturated rings. The molecule has 1 heterocycles. The lowest BCUT2D eigenvalue weighted by Crippen LogP contribution is -2.50. The Hall–Kier alpha value is -4.16. The maximum atomic E-state index is 13.6. The number of carbonyl (C=O) groups excluding carboxylic acids is 2. The fraction of sp³-hybridized carbons (Fsp3) is 0.310. The Morgan fingerprint density at radius 1 is 1.12 bits per heavy atom. The number of para-hydroxylation sites is 1. The van der Waals surface area contributed by atoms with E-state index in [2.05, 4.69) is 10.0 Å². The number of urea groups is 1. The Morgan fingerprint density at radius 2 is 1.80 bits per heavy atom. The molecule has 12 heteroatoms. The number of hydrogen-bond acceptors (Lipinski definition) is 6. The molecular formula is C29H33FN4O6S. The van der Waals surface area contributed by atoms with Gasteiger partial charge in [0.15, 0.2) is 5.75 Å². The van der Waals surface area contributed by atoms with E-state index >= 15 is 0 Å². The smallest absolute Gasteiger partial charge is 0.321 e. The summed E-state index contributed by atoms with van der Waals surface area (Å²) in [6.45, 7) is 3.58. The number of ether oxygens (including phenoxy) is 1. The number of rotatable bonds is 8. The molecule has 3 atom stereocenters. The van der Waals surface area contributed by atoms with E-state index in [-0.39, 0.29) is 47.5 Å². The van der Waals surface area contributed by atoms with Crippen LogP contribution in [0.2, 0.25) is 0 Å². The van der Waals surface area contributed by atoms with Gasteiger partial charge in [-0.25, -0.2) is 17.6 Å². The predicted molar refractivity (Wildman–Crippen MR) is 153 cm³/mol. The van der Waals surface area contributed by atoms with E-state index < -0.39 is 39.9 Å². The molecule has 0 saturated carbocycles. The number of carbonyl (C=O) groups is 2. The summed E-state index contributed by atoms with van der Waals surface area (Å²) in [7, 11) is -2.45. The van der Waals surface area contributed by atoms with Crippen LogP contribution >= 0.6 is 0 Å². The maximum absolute atomic E-state index is 13.6. The molecule has 4 rings (SSSR count). The van der Waals surface area contributed by atoms with Gasteiger partial charge in [-0.1, -0.05) is 31.2 Å². The second-order valence-corrected chi connectivity index (χ2v) is 11.7. The van der Waals surface area contributed by atoms with Gasteiger partial charge in [0.2, 0.25) is 0 Å². The number of aliphatic hydroxyl groups excluding tert-OH is 1. The van der Waals surface area contributed by atoms with Crippen molar-refractivity contribution in [1.29, 1.82) is 0 Å². The van der Waals surface area contributed by atoms with Gasteiger partial charge >= 0.3 is 6.03 Å². The van der Waals surface area contributed by atoms with Gasteiger partial charge < -0.3 is 25.0 Å². The summed E-state index contributed by atoms with van der Waals surface area (Å²) in [5.41, 5.74) is 0.592. The average molecular weight is 585 g/mol. The first kappa shape index (κ1) is 29.8. The number of sulfonamides is 1. The molecule has 218 valence electrons. The Kier molecular flexibility index (Phi) is 9.14. The molecule has 3 aromatic carbocycles. The number of nitrogens with zero attached hydrogens (tertiary/aromatic N) is 2. The predicted octanol–water partition coefficient (Wildman–Crippen LogP) is 4.01. The molecule has 1 aliphatic rings. The van der Waals surface area contributed by atoms with Crippen molar-refractivity contribution in [3.63, 3.8) is 0 Å². The van der Waals surface area contributed by atoms with E-state index in [4.69, 9.17) is 4.74 Å². The van der Waals surface area contributed by atoms with Gasteiger partial charge in [-0.3, -0.25) is 9.52 Å². The summed E-state index contributed by atoms with van der Waals surface area (Å²) in [6.07, 6.45) is -0.679. The van der Waals surface area contributed by atoms with E-state index in [1.54, 1.807) is 38.2 Å². The summed E-state index contributed by atoms with van der Waals surface area (Å²) in [4.78, 5) is 29.5. The highest BCUT2D eigenvalue weighted by atomic mass is 32.2. The van der Waals surface area contributed by atoms with Crippen molar-refractivity contribution in [1.82, 2.24) is 9.80 Å². The summed E-state index contributed by atoms with van der Waals surface area (Å²) < 4.78 is 48.5. The molecule has 0 aliphatic carbocycles. The van der Waals surface area contributed by atoms with Crippen molar-refractivity contribution in [3.05, 3.63) is 84.2 Å². The number of fused-ring (bicyclic) bond motifs is 1. The highest BCUT2D eigenvalue weighted by Gasteiger charge is 2.35. The average Bonchev–Trinajstić information content (AvgIpc) is 2.96. The van der Waals surface area contributed by atoms with Crippen molar-refractivity contribution in [3.8, 4) is 5.75 Å². The minimum atomic E-state index is -4.02. The zero-order chi connectivity index (χ0) is 29.7. The van der Waals surface area contributed by atoms with Crippen LogP contribution in [0.25, 0.3) is 0 Å². The number of benzene rings is 3. The molecule has 0 aromatic heterocycles. The molecule has 0 spiro atoms. The third-order valence-electron chi connectivity index (χ3n) is 6.88. The lowest BCUT2D eigenvalue weighted by molar-refractivity contribution is 0.0373. The fourth-order valence-electron chi connectivity index (χ4n) is 4.45. The molecule has 3 aromatic rings. The molecule has 0 radical (unpaired) electrons. The second-order valence-electron chi connectivity index (χ2n) is 10.0. The number of amides is 3. The topological polar surface area (TPSA) is 128 Å². The maximum Gasteiger partial charge on any atom is 0.321 e. The third kappa shape index (κ3) is 6.95. The molecule has 10 nitrogen and oxygen atoms in total. The lowest BCUT2D eigenvalue weighted by Gasteiger charge is -2.38. The second kappa shape index (κ2) is 12.6. The van der Waals surface area contributed by atoms with Gasteiger partial charge in [-0.05, 0) is 55.5 Å². The highest BCUT2D eigenvalue weighted by Crippen LogP contribution is 2.36. The molecule has 3 amide bonds. The van der Waals surface area contributed by atoms with Gasteiger partial charge in [-0.15, -0.1) is 0 Å². The minimum absolute atomic E-state index is 0.0241. The van der Waals surface area contributed by atoms with Gasteiger partial charge in [0.05, 0.1) is 35.3 Å². The standard InChI is InChI=1S/C29H33FN4O6S/c1-19-16-34(20(2)18-35)28(36)24-10-7-11-25(32-41(38,39)23-8-5-4-6-9-23)27(24)40-26(19)17-33(3)29(37)31-22-14-12-21(30)13-15-22/h4-15,19-20,26,32,35H,16-18H2,1-3H3,(H,31,37)/t19-,20-,26-/m1/s1. The molecule has 0 unspecified atom stereocenters. The first-order chi connectivity index (χ1) is 19.5. The van der Waals surface area contributed by atoms with Crippen LogP contribution in [-0.2, 0) is 10.0 Å². The number of anilines is 2. The third-order valence-corrected chi connectivity index (χ3v) is 8.27. The molecule has 41 heavy (non-hydrogen) atoms. The van der Waals surface area contributed by atoms with Crippen LogP contribution in [-0.4, -0.2) is 74.2 Å². The summed E-state index contributed by atoms with van der Waals surface area (Å²) >= 11 is 0. The monoisotopic (exact) mass is 584 g/mol. The minimum Gasteiger partial charge on any atom is -0.485 e. The van der Waals surface area contributed by atoms with Crippen molar-refractivity contribution < 1.29 is 32.2 Å². The summed E-state index contributed by atoms with van der Waals surface area (Å²) in [5, 5.41) is 12.6. The van der Waals surface area contributed by atoms with Crippen LogP contribution in [0.3, 0.4) is 0 Å². The van der Waals surface area contributed by atoms with Crippen LogP contribution in [0.15, 0.2) is 77.7 Å². The van der Waals surface area contributed by atoms with Gasteiger partial charge in [-0.2, -0.15) is 0 Å². The zero-order valence-electron chi connectivity index (χ0n) is 23.0. The van der Waals surface area contributed by atoms with Crippen molar-refractivity contribution >= 4 is 33.3 Å². The van der Waals surface area contributed by atoms with Crippen LogP contribution in [0, 0.1) is 11.7 Å². The largest absolute Gasteiger partial charge is 0.485 e. The Balaban J connectivity index is 1.68. The molecule has 0 bridgehead atoms. The molecule has 0 saturated heterocycles. The summed E-state index contributed by atoms with van der Waals surface area (Å²) in [5.74, 6) is -1.16. The first-order valence-corrected chi connectivity index (χ1v) is 14.6. The van der Waals surface area contributed by atoms with Crippen molar-refractivity contribution in [2.45, 2.75) is 30.9 Å². The Bertz CT molecular complexity index is 1490. The lowest BCUT2D eigenvalue weighted by atomic mass is 9.99. The van der Waals surface area contributed by atoms with E-state index in [1.807, 2.05) is 6.92 Å². The quantitative estimate of drug-likeness (QED) is 0.367. The SMILES string of the molecule is C[C@@H]1CN([C@H](C)CO)C(=O)c2cccc(NS(=O)(=O)c3ccccc3)c2O[C@@H]1CN(C)C(=O)Nc1ccc(F)cc1. The van der Waals surface area contributed by atoms with Crippen LogP contribution in [0.1, 0.15) is 24.2 Å². The van der Waals surface area contributed by atoms with Crippen molar-refractivity contribution in [2.75, 3.05) is 36.8 Å². The fourth-order valence-corrected chi connectivity index (χ4v) is 5.53. The highest BCUT2D eigenvalue weighted by molar-refractivity contribution is 7.92. The van der Waals surface area contributed by atoms with E-state index in [0.29, 0.717) is 5.69 Å². The number of hydrogen-bond donors (Lipinski definition) is 3. The van der Waals surface area contributed by atoms with Gasteiger partial charge in [0, 0.05) is 25.2 Å². The number of aliphatic hydroxyl groups is 1. The van der Waals surface area contributed by atoms with E-state index in [9.17, 15) is 27.5 Å². The van der Waals surface area contributed by atoms with Gasteiger partial charge in [0.25, 0.3) is 15.9 Å². The molecule has 1 aliphatic heterocycles. The summed E-state index contributed by atoms with van der Waals surface area (Å²) in [6, 6.07) is 16.7. The van der Waals surface area contributed by atoms with Crippen LogP contribution in [0.5, 0.6) is 5.75 Å². The van der Waals surface area contributed by atoms with Crippen LogP contribution < -0.4 is 14.8 Å². The normalized spacial score (nSPS) is 17.9. The van der Waals surface area contributed by atoms with E-state index in [0.717, 1.165) is 0 Å². The Labute approximate surface area is 238 Å². The molecular weight excluding hydrogens is 551 g/mol.